The van der Waals surface area contributed by atoms with Gasteiger partial charge in [0.1, 0.15) is 0 Å². The molecule has 0 aliphatic heterocycles. The molecule has 0 fully saturated rings. The van der Waals surface area contributed by atoms with Gasteiger partial charge < -0.3 is 5.11 Å². The Morgan fingerprint density at radius 2 is 1.12 bits per heavy atom. The summed E-state index contributed by atoms with van der Waals surface area (Å²) in [4.78, 5) is 13.5. The SMILES string of the molecule is Cc1cccc(C)c1C(=O)C(O)(c1ccccc1)c1ccccc1. The fraction of sp³-hybridized carbons (Fsp3) is 0.136. The molecule has 0 aliphatic carbocycles. The molecule has 3 rings (SSSR count). The van der Waals surface area contributed by atoms with Crippen LogP contribution in [0.3, 0.4) is 0 Å². The highest BCUT2D eigenvalue weighted by Crippen LogP contribution is 2.34. The van der Waals surface area contributed by atoms with E-state index in [4.69, 9.17) is 0 Å². The topological polar surface area (TPSA) is 37.3 Å². The highest BCUT2D eigenvalue weighted by Gasteiger charge is 2.41. The lowest BCUT2D eigenvalue weighted by atomic mass is 9.78. The molecule has 1 N–H and O–H groups in total. The largest absolute Gasteiger partial charge is 0.373 e. The van der Waals surface area contributed by atoms with E-state index in [0.29, 0.717) is 16.7 Å². The second-order valence-corrected chi connectivity index (χ2v) is 6.04. The number of carbonyl (C=O) groups is 1. The van der Waals surface area contributed by atoms with Crippen LogP contribution in [0.25, 0.3) is 0 Å². The average molecular weight is 316 g/mol. The molecule has 24 heavy (non-hydrogen) atoms. The average Bonchev–Trinajstić information content (AvgIpc) is 2.62. The van der Waals surface area contributed by atoms with E-state index in [1.165, 1.54) is 0 Å². The summed E-state index contributed by atoms with van der Waals surface area (Å²) in [5.74, 6) is -0.296. The molecule has 0 atom stereocenters. The van der Waals surface area contributed by atoms with Crippen molar-refractivity contribution >= 4 is 5.78 Å². The summed E-state index contributed by atoms with van der Waals surface area (Å²) < 4.78 is 0. The van der Waals surface area contributed by atoms with Gasteiger partial charge >= 0.3 is 0 Å². The lowest BCUT2D eigenvalue weighted by Gasteiger charge is -2.29. The molecule has 120 valence electrons. The number of ketones is 1. The molecular weight excluding hydrogens is 296 g/mol. The van der Waals surface area contributed by atoms with Crippen molar-refractivity contribution in [2.75, 3.05) is 0 Å². The van der Waals surface area contributed by atoms with Crippen LogP contribution in [-0.4, -0.2) is 10.9 Å². The molecule has 3 aromatic carbocycles. The summed E-state index contributed by atoms with van der Waals surface area (Å²) >= 11 is 0. The highest BCUT2D eigenvalue weighted by atomic mass is 16.3. The van der Waals surface area contributed by atoms with Crippen molar-refractivity contribution in [1.29, 1.82) is 0 Å². The van der Waals surface area contributed by atoms with Crippen molar-refractivity contribution in [3.8, 4) is 0 Å². The number of hydrogen-bond acceptors (Lipinski definition) is 2. The molecule has 0 unspecified atom stereocenters. The zero-order valence-electron chi connectivity index (χ0n) is 13.9. The van der Waals surface area contributed by atoms with Gasteiger partial charge in [-0.25, -0.2) is 0 Å². The Hall–Kier alpha value is -2.71. The predicted octanol–water partition coefficient (Wildman–Crippen LogP) is 4.42. The molecule has 0 aliphatic rings. The van der Waals surface area contributed by atoms with Gasteiger partial charge in [-0.1, -0.05) is 78.9 Å². The maximum absolute atomic E-state index is 13.5. The van der Waals surface area contributed by atoms with Crippen LogP contribution in [0.15, 0.2) is 78.9 Å². The Bertz CT molecular complexity index is 792. The minimum absolute atomic E-state index is 0.296. The molecule has 0 saturated carbocycles. The van der Waals surface area contributed by atoms with E-state index in [1.54, 1.807) is 24.3 Å². The first-order valence-electron chi connectivity index (χ1n) is 7.99. The van der Waals surface area contributed by atoms with Crippen LogP contribution in [0.5, 0.6) is 0 Å². The lowest BCUT2D eigenvalue weighted by Crippen LogP contribution is -2.38. The summed E-state index contributed by atoms with van der Waals surface area (Å²) in [5, 5.41) is 11.6. The first kappa shape index (κ1) is 16.2. The minimum atomic E-state index is -1.71. The third-order valence-corrected chi connectivity index (χ3v) is 4.42. The van der Waals surface area contributed by atoms with Crippen LogP contribution in [0, 0.1) is 13.8 Å². The molecule has 0 spiro atoms. The number of aliphatic hydroxyl groups is 1. The van der Waals surface area contributed by atoms with Crippen LogP contribution in [0.2, 0.25) is 0 Å². The van der Waals surface area contributed by atoms with Crippen LogP contribution in [0.1, 0.15) is 32.6 Å². The monoisotopic (exact) mass is 316 g/mol. The summed E-state index contributed by atoms with van der Waals surface area (Å²) in [7, 11) is 0. The van der Waals surface area contributed by atoms with Crippen molar-refractivity contribution < 1.29 is 9.90 Å². The molecule has 0 radical (unpaired) electrons. The van der Waals surface area contributed by atoms with Gasteiger partial charge in [0, 0.05) is 5.56 Å². The van der Waals surface area contributed by atoms with Crippen LogP contribution < -0.4 is 0 Å². The zero-order chi connectivity index (χ0) is 17.2. The lowest BCUT2D eigenvalue weighted by molar-refractivity contribution is 0.0486. The molecule has 3 aromatic rings. The Morgan fingerprint density at radius 3 is 1.54 bits per heavy atom. The Labute approximate surface area is 142 Å². The van der Waals surface area contributed by atoms with E-state index < -0.39 is 5.60 Å². The van der Waals surface area contributed by atoms with Gasteiger partial charge in [0.2, 0.25) is 5.78 Å². The number of aryl methyl sites for hydroxylation is 2. The number of hydrogen-bond donors (Lipinski definition) is 1. The van der Waals surface area contributed by atoms with Crippen LogP contribution in [-0.2, 0) is 5.60 Å². The van der Waals surface area contributed by atoms with Crippen LogP contribution in [0.4, 0.5) is 0 Å². The van der Waals surface area contributed by atoms with Crippen molar-refractivity contribution in [1.82, 2.24) is 0 Å². The van der Waals surface area contributed by atoms with Crippen molar-refractivity contribution in [3.05, 3.63) is 107 Å². The molecule has 2 nitrogen and oxygen atoms in total. The van der Waals surface area contributed by atoms with Crippen molar-refractivity contribution in [2.45, 2.75) is 19.4 Å². The van der Waals surface area contributed by atoms with E-state index in [-0.39, 0.29) is 5.78 Å². The quantitative estimate of drug-likeness (QED) is 0.723. The summed E-state index contributed by atoms with van der Waals surface area (Å²) in [5.41, 5.74) is 1.75. The van der Waals surface area contributed by atoms with Crippen molar-refractivity contribution in [2.24, 2.45) is 0 Å². The molecular formula is C22H20O2. The Kier molecular flexibility index (Phi) is 4.32. The standard InChI is InChI=1S/C22H20O2/c1-16-10-9-11-17(2)20(16)21(23)22(24,18-12-5-3-6-13-18)19-14-7-4-8-15-19/h3-15,24H,1-2H3. The van der Waals surface area contributed by atoms with Crippen molar-refractivity contribution in [3.63, 3.8) is 0 Å². The number of rotatable bonds is 4. The molecule has 0 heterocycles. The second kappa shape index (κ2) is 6.42. The smallest absolute Gasteiger partial charge is 0.204 e. The van der Waals surface area contributed by atoms with Gasteiger partial charge in [0.15, 0.2) is 5.60 Å². The third kappa shape index (κ3) is 2.66. The van der Waals surface area contributed by atoms with Gasteiger partial charge in [0.05, 0.1) is 0 Å². The van der Waals surface area contributed by atoms with Gasteiger partial charge in [-0.3, -0.25) is 4.79 Å². The maximum Gasteiger partial charge on any atom is 0.204 e. The second-order valence-electron chi connectivity index (χ2n) is 6.04. The van der Waals surface area contributed by atoms with Crippen LogP contribution >= 0.6 is 0 Å². The van der Waals surface area contributed by atoms with E-state index in [2.05, 4.69) is 0 Å². The fourth-order valence-corrected chi connectivity index (χ4v) is 3.14. The van der Waals surface area contributed by atoms with Gasteiger partial charge in [-0.05, 0) is 36.1 Å². The fourth-order valence-electron chi connectivity index (χ4n) is 3.14. The normalized spacial score (nSPS) is 11.3. The summed E-state index contributed by atoms with van der Waals surface area (Å²) in [6, 6.07) is 24.0. The summed E-state index contributed by atoms with van der Waals surface area (Å²) in [6.45, 7) is 3.80. The molecule has 0 saturated heterocycles. The first-order chi connectivity index (χ1) is 11.5. The predicted molar refractivity (Wildman–Crippen MR) is 96.1 cm³/mol. The highest BCUT2D eigenvalue weighted by molar-refractivity contribution is 6.07. The summed E-state index contributed by atoms with van der Waals surface area (Å²) in [6.07, 6.45) is 0. The van der Waals surface area contributed by atoms with E-state index in [9.17, 15) is 9.90 Å². The zero-order valence-corrected chi connectivity index (χ0v) is 13.9. The molecule has 0 bridgehead atoms. The first-order valence-corrected chi connectivity index (χ1v) is 7.99. The van der Waals surface area contributed by atoms with E-state index in [1.807, 2.05) is 68.4 Å². The molecule has 2 heteroatoms. The Balaban J connectivity index is 2.25. The van der Waals surface area contributed by atoms with E-state index >= 15 is 0 Å². The van der Waals surface area contributed by atoms with Gasteiger partial charge in [0.25, 0.3) is 0 Å². The van der Waals surface area contributed by atoms with Gasteiger partial charge in [-0.15, -0.1) is 0 Å². The maximum atomic E-state index is 13.5. The van der Waals surface area contributed by atoms with E-state index in [0.717, 1.165) is 11.1 Å². The molecule has 0 aromatic heterocycles. The minimum Gasteiger partial charge on any atom is -0.373 e. The molecule has 0 amide bonds. The number of Topliss-reactive ketones (excluding diaryl/α,β-unsaturated/α-hetero) is 1. The number of benzene rings is 3. The number of carbonyl (C=O) groups excluding carboxylic acids is 1. The van der Waals surface area contributed by atoms with Gasteiger partial charge in [-0.2, -0.15) is 0 Å². The third-order valence-electron chi connectivity index (χ3n) is 4.42. The Morgan fingerprint density at radius 1 is 0.708 bits per heavy atom.